The summed E-state index contributed by atoms with van der Waals surface area (Å²) in [4.78, 5) is 33.3. The van der Waals surface area contributed by atoms with Gasteiger partial charge in [-0.25, -0.2) is 9.97 Å². The highest BCUT2D eigenvalue weighted by Gasteiger charge is 2.39. The zero-order valence-electron chi connectivity index (χ0n) is 11.5. The Labute approximate surface area is 121 Å². The van der Waals surface area contributed by atoms with E-state index >= 15 is 0 Å². The van der Waals surface area contributed by atoms with Crippen molar-refractivity contribution in [2.24, 2.45) is 0 Å². The van der Waals surface area contributed by atoms with Crippen molar-refractivity contribution < 1.29 is 9.59 Å². The predicted molar refractivity (Wildman–Crippen MR) is 77.0 cm³/mol. The predicted octanol–water partition coefficient (Wildman–Crippen LogP) is 1.20. The maximum absolute atomic E-state index is 12.0. The van der Waals surface area contributed by atoms with Crippen molar-refractivity contribution in [3.8, 4) is 11.3 Å². The molecule has 2 heterocycles. The molecular formula is C15H14N4O2. The minimum absolute atomic E-state index is 0.105. The van der Waals surface area contributed by atoms with E-state index in [0.29, 0.717) is 17.2 Å². The summed E-state index contributed by atoms with van der Waals surface area (Å²) < 4.78 is 0. The normalized spacial score (nSPS) is 18.3. The van der Waals surface area contributed by atoms with Crippen LogP contribution in [0.15, 0.2) is 36.5 Å². The second kappa shape index (κ2) is 4.97. The number of likely N-dealkylation sites (N-methyl/N-ethyl adjacent to an activating group) is 1. The van der Waals surface area contributed by atoms with Gasteiger partial charge in [0.1, 0.15) is 11.7 Å². The molecule has 0 saturated carbocycles. The first-order valence-electron chi connectivity index (χ1n) is 6.56. The first-order chi connectivity index (χ1) is 10.1. The summed E-state index contributed by atoms with van der Waals surface area (Å²) in [6.45, 7) is 0. The molecule has 1 unspecified atom stereocenters. The maximum atomic E-state index is 12.0. The summed E-state index contributed by atoms with van der Waals surface area (Å²) in [5, 5.41) is 0. The Morgan fingerprint density at radius 2 is 1.95 bits per heavy atom. The summed E-state index contributed by atoms with van der Waals surface area (Å²) >= 11 is 0. The van der Waals surface area contributed by atoms with Crippen LogP contribution in [0.25, 0.3) is 11.3 Å². The number of hydrogen-bond acceptors (Lipinski definition) is 5. The molecule has 2 N–H and O–H groups in total. The van der Waals surface area contributed by atoms with E-state index in [9.17, 15) is 9.59 Å². The van der Waals surface area contributed by atoms with Gasteiger partial charge in [-0.1, -0.05) is 30.3 Å². The molecule has 2 aromatic rings. The van der Waals surface area contributed by atoms with Crippen molar-refractivity contribution in [1.29, 1.82) is 0 Å². The fraction of sp³-hybridized carbons (Fsp3) is 0.200. The van der Waals surface area contributed by atoms with Gasteiger partial charge in [-0.15, -0.1) is 0 Å². The molecule has 3 rings (SSSR count). The lowest BCUT2D eigenvalue weighted by Gasteiger charge is -2.10. The third kappa shape index (κ3) is 2.24. The highest BCUT2D eigenvalue weighted by molar-refractivity contribution is 6.05. The van der Waals surface area contributed by atoms with Crippen LogP contribution in [0.4, 0.5) is 5.69 Å². The second-order valence-corrected chi connectivity index (χ2v) is 4.95. The van der Waals surface area contributed by atoms with Crippen molar-refractivity contribution in [3.63, 3.8) is 0 Å². The van der Waals surface area contributed by atoms with Crippen molar-refractivity contribution in [2.75, 3.05) is 12.8 Å². The van der Waals surface area contributed by atoms with Gasteiger partial charge in [0.25, 0.3) is 0 Å². The van der Waals surface area contributed by atoms with Crippen LogP contribution >= 0.6 is 0 Å². The van der Waals surface area contributed by atoms with Crippen molar-refractivity contribution in [3.05, 3.63) is 42.4 Å². The van der Waals surface area contributed by atoms with Gasteiger partial charge < -0.3 is 5.73 Å². The van der Waals surface area contributed by atoms with Crippen LogP contribution in [0, 0.1) is 0 Å². The molecule has 0 bridgehead atoms. The van der Waals surface area contributed by atoms with E-state index in [1.807, 2.05) is 30.3 Å². The number of rotatable bonds is 2. The lowest BCUT2D eigenvalue weighted by molar-refractivity contribution is -0.137. The maximum Gasteiger partial charge on any atom is 0.240 e. The molecule has 21 heavy (non-hydrogen) atoms. The molecule has 1 fully saturated rings. The van der Waals surface area contributed by atoms with E-state index in [2.05, 4.69) is 9.97 Å². The number of anilines is 1. The Hall–Kier alpha value is -2.76. The Balaban J connectivity index is 2.03. The number of amides is 2. The summed E-state index contributed by atoms with van der Waals surface area (Å²) in [5.41, 5.74) is 7.79. The van der Waals surface area contributed by atoms with Crippen molar-refractivity contribution in [1.82, 2.24) is 14.9 Å². The summed E-state index contributed by atoms with van der Waals surface area (Å²) in [5.74, 6) is -0.771. The standard InChI is InChI=1S/C15H14N4O2/c1-19-12(20)7-10(15(19)21)14-17-8-11(16)13(18-14)9-5-3-2-4-6-9/h2-6,8,10H,7,16H2,1H3. The fourth-order valence-electron chi connectivity index (χ4n) is 2.36. The van der Waals surface area contributed by atoms with Gasteiger partial charge in [0.2, 0.25) is 11.8 Å². The number of hydrogen-bond donors (Lipinski definition) is 1. The minimum atomic E-state index is -0.620. The molecule has 0 spiro atoms. The van der Waals surface area contributed by atoms with Gasteiger partial charge in [-0.05, 0) is 0 Å². The molecule has 1 aromatic carbocycles. The van der Waals surface area contributed by atoms with Crippen molar-refractivity contribution in [2.45, 2.75) is 12.3 Å². The largest absolute Gasteiger partial charge is 0.396 e. The number of nitrogens with two attached hydrogens (primary N) is 1. The molecule has 6 nitrogen and oxygen atoms in total. The number of benzene rings is 1. The first kappa shape index (κ1) is 13.2. The van der Waals surface area contributed by atoms with Gasteiger partial charge in [0, 0.05) is 19.0 Å². The van der Waals surface area contributed by atoms with E-state index in [-0.39, 0.29) is 18.2 Å². The second-order valence-electron chi connectivity index (χ2n) is 4.95. The van der Waals surface area contributed by atoms with E-state index in [4.69, 9.17) is 5.73 Å². The number of aromatic nitrogens is 2. The van der Waals surface area contributed by atoms with Crippen LogP contribution in [-0.2, 0) is 9.59 Å². The fourth-order valence-corrected chi connectivity index (χ4v) is 2.36. The van der Waals surface area contributed by atoms with Crippen LogP contribution in [0.1, 0.15) is 18.2 Å². The van der Waals surface area contributed by atoms with Gasteiger partial charge in [-0.2, -0.15) is 0 Å². The number of likely N-dealkylation sites (tertiary alicyclic amines) is 1. The topological polar surface area (TPSA) is 89.2 Å². The molecule has 1 aromatic heterocycles. The lowest BCUT2D eigenvalue weighted by Crippen LogP contribution is -2.25. The van der Waals surface area contributed by atoms with E-state index in [1.165, 1.54) is 13.2 Å². The highest BCUT2D eigenvalue weighted by atomic mass is 16.2. The molecule has 1 saturated heterocycles. The average Bonchev–Trinajstić information content (AvgIpc) is 2.76. The molecule has 0 aliphatic carbocycles. The minimum Gasteiger partial charge on any atom is -0.396 e. The molecule has 1 aliphatic rings. The number of nitrogen functional groups attached to an aromatic ring is 1. The zero-order chi connectivity index (χ0) is 15.0. The third-order valence-electron chi connectivity index (χ3n) is 3.58. The van der Waals surface area contributed by atoms with Gasteiger partial charge in [0.05, 0.1) is 17.6 Å². The number of carbonyl (C=O) groups is 2. The quantitative estimate of drug-likeness (QED) is 0.836. The van der Waals surface area contributed by atoms with Gasteiger partial charge in [-0.3, -0.25) is 14.5 Å². The SMILES string of the molecule is CN1C(=O)CC(c2ncc(N)c(-c3ccccc3)n2)C1=O. The average molecular weight is 282 g/mol. The monoisotopic (exact) mass is 282 g/mol. The molecule has 0 radical (unpaired) electrons. The van der Waals surface area contributed by atoms with Crippen LogP contribution in [0.5, 0.6) is 0 Å². The van der Waals surface area contributed by atoms with Crippen LogP contribution in [-0.4, -0.2) is 33.7 Å². The van der Waals surface area contributed by atoms with Gasteiger partial charge in [0.15, 0.2) is 0 Å². The summed E-state index contributed by atoms with van der Waals surface area (Å²) in [6.07, 6.45) is 1.59. The van der Waals surface area contributed by atoms with E-state index in [0.717, 1.165) is 10.5 Å². The molecule has 1 atom stereocenters. The Kier molecular flexibility index (Phi) is 3.13. The smallest absolute Gasteiger partial charge is 0.240 e. The van der Waals surface area contributed by atoms with Crippen molar-refractivity contribution >= 4 is 17.5 Å². The molecule has 1 aliphatic heterocycles. The van der Waals surface area contributed by atoms with E-state index in [1.54, 1.807) is 0 Å². The number of nitrogens with zero attached hydrogens (tertiary/aromatic N) is 3. The molecule has 106 valence electrons. The van der Waals surface area contributed by atoms with Crippen LogP contribution < -0.4 is 5.73 Å². The molecular weight excluding hydrogens is 268 g/mol. The molecule has 2 amide bonds. The van der Waals surface area contributed by atoms with Crippen LogP contribution in [0.3, 0.4) is 0 Å². The Morgan fingerprint density at radius 1 is 1.24 bits per heavy atom. The summed E-state index contributed by atoms with van der Waals surface area (Å²) in [7, 11) is 1.47. The Morgan fingerprint density at radius 3 is 2.57 bits per heavy atom. The zero-order valence-corrected chi connectivity index (χ0v) is 11.5. The third-order valence-corrected chi connectivity index (χ3v) is 3.58. The van der Waals surface area contributed by atoms with E-state index < -0.39 is 5.92 Å². The number of carbonyl (C=O) groups excluding carboxylic acids is 2. The highest BCUT2D eigenvalue weighted by Crippen LogP contribution is 2.29. The first-order valence-corrected chi connectivity index (χ1v) is 6.56. The lowest BCUT2D eigenvalue weighted by atomic mass is 10.1. The van der Waals surface area contributed by atoms with Gasteiger partial charge >= 0.3 is 0 Å². The molecule has 6 heteroatoms. The summed E-state index contributed by atoms with van der Waals surface area (Å²) in [6, 6.07) is 9.44. The van der Waals surface area contributed by atoms with Crippen LogP contribution in [0.2, 0.25) is 0 Å². The Bertz CT molecular complexity index is 715. The number of imide groups is 1.